The average Bonchev–Trinajstić information content (AvgIpc) is 2.90. The van der Waals surface area contributed by atoms with Crippen molar-refractivity contribution in [3.63, 3.8) is 0 Å². The maximum absolute atomic E-state index is 11.8. The van der Waals surface area contributed by atoms with Crippen LogP contribution in [0.25, 0.3) is 0 Å². The quantitative estimate of drug-likeness (QED) is 0.784. The minimum absolute atomic E-state index is 0.0746. The zero-order valence-corrected chi connectivity index (χ0v) is 12.3. The molecule has 1 aromatic carbocycles. The highest BCUT2D eigenvalue weighted by Crippen LogP contribution is 2.39. The number of ether oxygens (including phenoxy) is 2. The first kappa shape index (κ1) is 14.4. The molecule has 0 radical (unpaired) electrons. The smallest absolute Gasteiger partial charge is 0.337 e. The second-order valence-corrected chi connectivity index (χ2v) is 5.61. The van der Waals surface area contributed by atoms with Gasteiger partial charge in [-0.05, 0) is 17.7 Å². The normalized spacial score (nSPS) is 18.7. The molecule has 1 fully saturated rings. The van der Waals surface area contributed by atoms with Crippen molar-refractivity contribution in [1.29, 1.82) is 0 Å². The Kier molecular flexibility index (Phi) is 3.27. The summed E-state index contributed by atoms with van der Waals surface area (Å²) >= 11 is 0. The first-order chi connectivity index (χ1) is 10.3. The van der Waals surface area contributed by atoms with E-state index in [0.29, 0.717) is 22.1 Å². The molecule has 1 saturated heterocycles. The summed E-state index contributed by atoms with van der Waals surface area (Å²) in [6.45, 7) is 3.57. The lowest BCUT2D eigenvalue weighted by molar-refractivity contribution is -0.197. The van der Waals surface area contributed by atoms with Gasteiger partial charge in [0.2, 0.25) is 5.79 Å². The molecule has 3 rings (SSSR count). The molecule has 7 nitrogen and oxygen atoms in total. The summed E-state index contributed by atoms with van der Waals surface area (Å²) in [7, 11) is 0. The average molecular weight is 305 g/mol. The molecule has 22 heavy (non-hydrogen) atoms. The van der Waals surface area contributed by atoms with Gasteiger partial charge in [-0.3, -0.25) is 9.59 Å². The fourth-order valence-electron chi connectivity index (χ4n) is 2.34. The van der Waals surface area contributed by atoms with Crippen LogP contribution in [0.1, 0.15) is 32.3 Å². The Balaban J connectivity index is 1.66. The molecule has 0 bridgehead atoms. The molecule has 0 aliphatic carbocycles. The number of rotatable bonds is 3. The van der Waals surface area contributed by atoms with Gasteiger partial charge in [0, 0.05) is 26.7 Å². The first-order valence-corrected chi connectivity index (χ1v) is 6.92. The number of amides is 2. The fourth-order valence-corrected chi connectivity index (χ4v) is 2.34. The number of fused-ring (bicyclic) bond motifs is 1. The van der Waals surface area contributed by atoms with Crippen molar-refractivity contribution in [3.05, 3.63) is 23.8 Å². The van der Waals surface area contributed by atoms with Gasteiger partial charge < -0.3 is 14.3 Å². The summed E-state index contributed by atoms with van der Waals surface area (Å²) in [5.74, 6) is -1.26. The monoisotopic (exact) mass is 305 g/mol. The molecule has 0 spiro atoms. The van der Waals surface area contributed by atoms with E-state index in [1.165, 1.54) is 0 Å². The van der Waals surface area contributed by atoms with Gasteiger partial charge >= 0.3 is 5.97 Å². The highest BCUT2D eigenvalue weighted by atomic mass is 16.7. The van der Waals surface area contributed by atoms with Crippen LogP contribution in [0.2, 0.25) is 0 Å². The molecule has 2 aliphatic heterocycles. The van der Waals surface area contributed by atoms with Crippen molar-refractivity contribution in [1.82, 2.24) is 5.06 Å². The van der Waals surface area contributed by atoms with E-state index in [-0.39, 0.29) is 19.3 Å². The molecule has 0 N–H and O–H groups in total. The lowest BCUT2D eigenvalue weighted by Gasteiger charge is -2.16. The van der Waals surface area contributed by atoms with E-state index >= 15 is 0 Å². The van der Waals surface area contributed by atoms with Gasteiger partial charge in [0.1, 0.15) is 0 Å². The Morgan fingerprint density at radius 2 is 1.82 bits per heavy atom. The largest absolute Gasteiger partial charge is 0.449 e. The summed E-state index contributed by atoms with van der Waals surface area (Å²) < 4.78 is 11.1. The minimum Gasteiger partial charge on any atom is -0.449 e. The van der Waals surface area contributed by atoms with Gasteiger partial charge in [-0.15, -0.1) is 5.06 Å². The fraction of sp³-hybridized carbons (Fsp3) is 0.400. The molecule has 0 unspecified atom stereocenters. The third-order valence-corrected chi connectivity index (χ3v) is 3.27. The van der Waals surface area contributed by atoms with Gasteiger partial charge in [0.15, 0.2) is 11.5 Å². The van der Waals surface area contributed by atoms with Crippen molar-refractivity contribution in [3.8, 4) is 11.5 Å². The highest BCUT2D eigenvalue weighted by molar-refractivity contribution is 6.01. The summed E-state index contributed by atoms with van der Waals surface area (Å²) in [6, 6.07) is 5.09. The molecule has 2 amide bonds. The number of nitrogens with zero attached hydrogens (tertiary/aromatic N) is 1. The topological polar surface area (TPSA) is 82.1 Å². The first-order valence-electron chi connectivity index (χ1n) is 6.92. The number of hydrogen-bond acceptors (Lipinski definition) is 6. The second-order valence-electron chi connectivity index (χ2n) is 5.61. The van der Waals surface area contributed by atoms with Crippen molar-refractivity contribution in [2.45, 2.75) is 38.9 Å². The molecule has 0 atom stereocenters. The standard InChI is InChI=1S/C15H15NO6/c1-15(2)20-10-4-3-9(7-11(10)21-15)8-14(19)22-16-12(17)5-6-13(16)18/h3-4,7H,5-6,8H2,1-2H3. The van der Waals surface area contributed by atoms with E-state index in [4.69, 9.17) is 14.3 Å². The molecular weight excluding hydrogens is 290 g/mol. The number of imide groups is 1. The molecule has 2 heterocycles. The van der Waals surface area contributed by atoms with Crippen LogP contribution in [0, 0.1) is 0 Å². The Hall–Kier alpha value is -2.57. The van der Waals surface area contributed by atoms with E-state index < -0.39 is 23.6 Å². The van der Waals surface area contributed by atoms with Crippen molar-refractivity contribution in [2.75, 3.05) is 0 Å². The predicted molar refractivity (Wildman–Crippen MR) is 72.7 cm³/mol. The molecule has 2 aliphatic rings. The number of carbonyl (C=O) groups excluding carboxylic acids is 3. The highest BCUT2D eigenvalue weighted by Gasteiger charge is 2.34. The van der Waals surface area contributed by atoms with Gasteiger partial charge in [0.25, 0.3) is 11.8 Å². The van der Waals surface area contributed by atoms with E-state index in [0.717, 1.165) is 0 Å². The van der Waals surface area contributed by atoms with Gasteiger partial charge in [0.05, 0.1) is 6.42 Å². The molecule has 116 valence electrons. The Labute approximate surface area is 126 Å². The Morgan fingerprint density at radius 1 is 1.18 bits per heavy atom. The van der Waals surface area contributed by atoms with E-state index in [1.807, 2.05) is 0 Å². The maximum Gasteiger partial charge on any atom is 0.337 e. The molecular formula is C15H15NO6. The lowest BCUT2D eigenvalue weighted by Crippen LogP contribution is -2.32. The van der Waals surface area contributed by atoms with Crippen LogP contribution in [-0.4, -0.2) is 28.6 Å². The van der Waals surface area contributed by atoms with Crippen LogP contribution in [-0.2, 0) is 25.6 Å². The second kappa shape index (κ2) is 5.01. The molecule has 7 heteroatoms. The van der Waals surface area contributed by atoms with E-state index in [2.05, 4.69) is 0 Å². The number of carbonyl (C=O) groups is 3. The number of hydroxylamine groups is 2. The third-order valence-electron chi connectivity index (χ3n) is 3.27. The summed E-state index contributed by atoms with van der Waals surface area (Å²) in [6.07, 6.45) is 0.0740. The summed E-state index contributed by atoms with van der Waals surface area (Å²) in [4.78, 5) is 39.4. The minimum atomic E-state index is -0.740. The van der Waals surface area contributed by atoms with Gasteiger partial charge in [-0.2, -0.15) is 0 Å². The lowest BCUT2D eigenvalue weighted by atomic mass is 10.1. The van der Waals surface area contributed by atoms with Crippen LogP contribution in [0.4, 0.5) is 0 Å². The molecule has 1 aromatic rings. The van der Waals surface area contributed by atoms with E-state index in [9.17, 15) is 14.4 Å². The Morgan fingerprint density at radius 3 is 2.50 bits per heavy atom. The van der Waals surface area contributed by atoms with Crippen LogP contribution in [0.5, 0.6) is 11.5 Å². The maximum atomic E-state index is 11.8. The van der Waals surface area contributed by atoms with Crippen LogP contribution < -0.4 is 9.47 Å². The molecule has 0 saturated carbocycles. The van der Waals surface area contributed by atoms with Gasteiger partial charge in [-0.25, -0.2) is 4.79 Å². The van der Waals surface area contributed by atoms with Crippen LogP contribution >= 0.6 is 0 Å². The zero-order chi connectivity index (χ0) is 15.9. The van der Waals surface area contributed by atoms with Crippen LogP contribution in [0.3, 0.4) is 0 Å². The van der Waals surface area contributed by atoms with E-state index in [1.54, 1.807) is 32.0 Å². The predicted octanol–water partition coefficient (Wildman–Crippen LogP) is 1.34. The SMILES string of the molecule is CC1(C)Oc2ccc(CC(=O)ON3C(=O)CCC3=O)cc2O1. The Bertz CT molecular complexity index is 650. The van der Waals surface area contributed by atoms with Crippen molar-refractivity contribution >= 4 is 17.8 Å². The zero-order valence-electron chi connectivity index (χ0n) is 12.3. The molecule has 0 aromatic heterocycles. The number of benzene rings is 1. The van der Waals surface area contributed by atoms with Crippen LogP contribution in [0.15, 0.2) is 18.2 Å². The number of hydrogen-bond donors (Lipinski definition) is 0. The summed E-state index contributed by atoms with van der Waals surface area (Å²) in [5.41, 5.74) is 0.643. The van der Waals surface area contributed by atoms with Crippen molar-refractivity contribution < 1.29 is 28.7 Å². The van der Waals surface area contributed by atoms with Crippen molar-refractivity contribution in [2.24, 2.45) is 0 Å². The summed E-state index contributed by atoms with van der Waals surface area (Å²) in [5, 5.41) is 0.540. The third kappa shape index (κ3) is 2.74. The van der Waals surface area contributed by atoms with Gasteiger partial charge in [-0.1, -0.05) is 6.07 Å².